The molecule has 0 saturated carbocycles. The molecule has 0 aliphatic carbocycles. The van der Waals surface area contributed by atoms with E-state index < -0.39 is 40.5 Å². The summed E-state index contributed by atoms with van der Waals surface area (Å²) in [7, 11) is 0. The minimum absolute atomic E-state index is 0.158. The Labute approximate surface area is 197 Å². The smallest absolute Gasteiger partial charge is 0.457 e. The fourth-order valence-electron chi connectivity index (χ4n) is 2.58. The summed E-state index contributed by atoms with van der Waals surface area (Å²) < 4.78 is 86.2. The Hall–Kier alpha value is -3.19. The van der Waals surface area contributed by atoms with Gasteiger partial charge in [-0.2, -0.15) is 18.3 Å². The predicted octanol–water partition coefficient (Wildman–Crippen LogP) is 6.81. The fourth-order valence-corrected chi connectivity index (χ4v) is 3.23. The summed E-state index contributed by atoms with van der Waals surface area (Å²) in [5.41, 5.74) is -1.43. The normalized spacial score (nSPS) is 11.8. The largest absolute Gasteiger partial charge is 0.573 e. The van der Waals surface area contributed by atoms with Crippen molar-refractivity contribution in [2.45, 2.75) is 17.6 Å². The molecule has 1 heterocycles. The van der Waals surface area contributed by atoms with Gasteiger partial charge < -0.3 is 14.8 Å². The average molecular weight is 524 g/mol. The lowest BCUT2D eigenvalue weighted by atomic mass is 10.1. The Balaban J connectivity index is 1.96. The number of alkyl halides is 6. The van der Waals surface area contributed by atoms with E-state index in [9.17, 15) is 31.1 Å². The van der Waals surface area contributed by atoms with Gasteiger partial charge in [0.1, 0.15) is 22.3 Å². The first-order chi connectivity index (χ1) is 15.9. The maximum atomic E-state index is 13.4. The van der Waals surface area contributed by atoms with Crippen LogP contribution in [0.2, 0.25) is 5.02 Å². The zero-order valence-electron chi connectivity index (χ0n) is 16.8. The van der Waals surface area contributed by atoms with Crippen LogP contribution in [-0.4, -0.2) is 28.7 Å². The van der Waals surface area contributed by atoms with Crippen LogP contribution in [0.15, 0.2) is 53.7 Å². The van der Waals surface area contributed by atoms with Gasteiger partial charge in [-0.3, -0.25) is 4.79 Å². The van der Waals surface area contributed by atoms with Crippen molar-refractivity contribution in [1.29, 1.82) is 0 Å². The number of anilines is 1. The zero-order chi connectivity index (χ0) is 25.1. The highest BCUT2D eigenvalue weighted by Crippen LogP contribution is 2.40. The van der Waals surface area contributed by atoms with Gasteiger partial charge in [0.2, 0.25) is 0 Å². The Kier molecular flexibility index (Phi) is 7.46. The van der Waals surface area contributed by atoms with Crippen molar-refractivity contribution < 1.29 is 40.6 Å². The first-order valence-corrected chi connectivity index (χ1v) is 10.6. The molecule has 0 aliphatic rings. The van der Waals surface area contributed by atoms with Crippen molar-refractivity contribution >= 4 is 35.0 Å². The van der Waals surface area contributed by atoms with Crippen LogP contribution in [0.1, 0.15) is 15.9 Å². The minimum atomic E-state index is -4.93. The topological polar surface area (TPSA) is 73.3 Å². The number of carbonyl (C=O) groups is 1. The predicted molar refractivity (Wildman–Crippen MR) is 111 cm³/mol. The van der Waals surface area contributed by atoms with Crippen LogP contribution >= 0.6 is 23.4 Å². The maximum absolute atomic E-state index is 13.4. The molecule has 34 heavy (non-hydrogen) atoms. The molecule has 1 amide bonds. The highest BCUT2D eigenvalue weighted by Gasteiger charge is 2.35. The summed E-state index contributed by atoms with van der Waals surface area (Å²) in [5.74, 6) is -2.14. The number of hydrogen-bond acceptors (Lipinski definition) is 6. The van der Waals surface area contributed by atoms with Gasteiger partial charge in [-0.25, -0.2) is 0 Å². The summed E-state index contributed by atoms with van der Waals surface area (Å²) in [4.78, 5) is 12.8. The van der Waals surface area contributed by atoms with Gasteiger partial charge in [0.05, 0.1) is 28.0 Å². The summed E-state index contributed by atoms with van der Waals surface area (Å²) in [6, 6.07) is 6.65. The lowest BCUT2D eigenvalue weighted by Gasteiger charge is -2.16. The number of carbonyl (C=O) groups excluding carboxylic acids is 1. The number of ether oxygens (including phenoxy) is 2. The summed E-state index contributed by atoms with van der Waals surface area (Å²) in [5, 5.41) is 9.69. The molecule has 0 bridgehead atoms. The van der Waals surface area contributed by atoms with Crippen LogP contribution in [-0.2, 0) is 6.18 Å². The molecule has 3 aromatic rings. The maximum Gasteiger partial charge on any atom is 0.573 e. The second-order valence-corrected chi connectivity index (χ2v) is 7.62. The fraction of sp³-hybridized carbons (Fsp3) is 0.150. The lowest BCUT2D eigenvalue weighted by Crippen LogP contribution is -2.17. The molecule has 0 radical (unpaired) electrons. The summed E-state index contributed by atoms with van der Waals surface area (Å²) in [6.07, 6.45) is -6.84. The molecule has 14 heteroatoms. The molecule has 0 fully saturated rings. The molecule has 1 aromatic heterocycles. The zero-order valence-corrected chi connectivity index (χ0v) is 18.4. The molecular formula is C20H12ClF6N3O3S. The van der Waals surface area contributed by atoms with Crippen LogP contribution in [0.4, 0.5) is 32.0 Å². The van der Waals surface area contributed by atoms with Gasteiger partial charge in [0, 0.05) is 0 Å². The number of benzene rings is 2. The Morgan fingerprint density at radius 3 is 2.26 bits per heavy atom. The van der Waals surface area contributed by atoms with Gasteiger partial charge in [-0.05, 0) is 48.7 Å². The number of aromatic nitrogens is 2. The van der Waals surface area contributed by atoms with E-state index in [-0.39, 0.29) is 17.0 Å². The number of amides is 1. The number of nitrogens with one attached hydrogen (secondary N) is 1. The van der Waals surface area contributed by atoms with Crippen molar-refractivity contribution in [2.24, 2.45) is 0 Å². The molecule has 180 valence electrons. The van der Waals surface area contributed by atoms with E-state index in [0.717, 1.165) is 30.3 Å². The molecule has 6 nitrogen and oxygen atoms in total. The van der Waals surface area contributed by atoms with Crippen LogP contribution in [0.5, 0.6) is 17.2 Å². The minimum Gasteiger partial charge on any atom is -0.457 e. The molecule has 0 unspecified atom stereocenters. The average Bonchev–Trinajstić information content (AvgIpc) is 2.74. The van der Waals surface area contributed by atoms with E-state index >= 15 is 0 Å². The number of thioether (sulfide) groups is 1. The third-order valence-corrected chi connectivity index (χ3v) is 4.93. The Bertz CT molecular complexity index is 1190. The van der Waals surface area contributed by atoms with Crippen LogP contribution < -0.4 is 14.8 Å². The lowest BCUT2D eigenvalue weighted by molar-refractivity contribution is -0.274. The standard InChI is InChI=1S/C20H12ClF6N3O3S/c1-34-17-6-10(9-28-30-17)29-18(31)13-7-15(21)14(19(22,23)24)8-16(13)32-11-2-4-12(5-3-11)33-20(25,26)27/h2-9H,1H3,(H,29,30,31). The Morgan fingerprint density at radius 2 is 1.68 bits per heavy atom. The quantitative estimate of drug-likeness (QED) is 0.282. The number of hydrogen-bond donors (Lipinski definition) is 1. The van der Waals surface area contributed by atoms with Gasteiger partial charge >= 0.3 is 12.5 Å². The first-order valence-electron chi connectivity index (χ1n) is 8.98. The number of nitrogens with zero attached hydrogens (tertiary/aromatic N) is 2. The number of rotatable bonds is 6. The van der Waals surface area contributed by atoms with Gasteiger partial charge in [-0.1, -0.05) is 11.6 Å². The molecular weight excluding hydrogens is 512 g/mol. The molecule has 1 N–H and O–H groups in total. The van der Waals surface area contributed by atoms with Gasteiger partial charge in [0.25, 0.3) is 5.91 Å². The second-order valence-electron chi connectivity index (χ2n) is 6.39. The first kappa shape index (κ1) is 25.4. The van der Waals surface area contributed by atoms with E-state index in [0.29, 0.717) is 11.1 Å². The molecule has 0 atom stereocenters. The van der Waals surface area contributed by atoms with Crippen molar-refractivity contribution in [3.05, 3.63) is 64.8 Å². The van der Waals surface area contributed by atoms with Crippen molar-refractivity contribution in [3.63, 3.8) is 0 Å². The van der Waals surface area contributed by atoms with Gasteiger partial charge in [0.15, 0.2) is 0 Å². The third kappa shape index (κ3) is 6.67. The van der Waals surface area contributed by atoms with Crippen LogP contribution in [0, 0.1) is 0 Å². The Morgan fingerprint density at radius 1 is 1.03 bits per heavy atom. The SMILES string of the molecule is CSc1cc(NC(=O)c2cc(Cl)c(C(F)(F)F)cc2Oc2ccc(OC(F)(F)F)cc2)cnn1. The third-order valence-electron chi connectivity index (χ3n) is 4.00. The van der Waals surface area contributed by atoms with E-state index in [2.05, 4.69) is 20.3 Å². The van der Waals surface area contributed by atoms with Crippen LogP contribution in [0.25, 0.3) is 0 Å². The molecule has 0 saturated heterocycles. The molecule has 0 aliphatic heterocycles. The van der Waals surface area contributed by atoms with E-state index in [1.54, 1.807) is 6.26 Å². The highest BCUT2D eigenvalue weighted by molar-refractivity contribution is 7.98. The molecule has 2 aromatic carbocycles. The number of halogens is 7. The van der Waals surface area contributed by atoms with E-state index in [1.807, 2.05) is 0 Å². The molecule has 3 rings (SSSR count). The van der Waals surface area contributed by atoms with E-state index in [4.69, 9.17) is 16.3 Å². The summed E-state index contributed by atoms with van der Waals surface area (Å²) >= 11 is 7.01. The highest BCUT2D eigenvalue weighted by atomic mass is 35.5. The van der Waals surface area contributed by atoms with E-state index in [1.165, 1.54) is 24.0 Å². The molecule has 0 spiro atoms. The summed E-state index contributed by atoms with van der Waals surface area (Å²) in [6.45, 7) is 0. The van der Waals surface area contributed by atoms with Crippen LogP contribution in [0.3, 0.4) is 0 Å². The van der Waals surface area contributed by atoms with Crippen molar-refractivity contribution in [3.8, 4) is 17.2 Å². The van der Waals surface area contributed by atoms with Crippen molar-refractivity contribution in [2.75, 3.05) is 11.6 Å². The second kappa shape index (κ2) is 9.97. The van der Waals surface area contributed by atoms with Crippen molar-refractivity contribution in [1.82, 2.24) is 10.2 Å². The monoisotopic (exact) mass is 523 g/mol. The van der Waals surface area contributed by atoms with Gasteiger partial charge in [-0.15, -0.1) is 30.0 Å².